The van der Waals surface area contributed by atoms with Crippen molar-refractivity contribution in [3.63, 3.8) is 0 Å². The molecule has 1 nitrogen and oxygen atoms in total. The number of fused-ring (bicyclic) bond motifs is 1. The number of hydrogen-bond donors (Lipinski definition) is 1. The number of hydrogen-bond acceptors (Lipinski definition) is 0. The molecule has 0 radical (unpaired) electrons. The van der Waals surface area contributed by atoms with E-state index in [1.807, 2.05) is 0 Å². The summed E-state index contributed by atoms with van der Waals surface area (Å²) >= 11 is 0. The van der Waals surface area contributed by atoms with Crippen LogP contribution in [0.2, 0.25) is 0 Å². The van der Waals surface area contributed by atoms with Gasteiger partial charge in [0.15, 0.2) is 0 Å². The lowest BCUT2D eigenvalue weighted by atomic mass is 10.1. The molecule has 2 aliphatic rings. The van der Waals surface area contributed by atoms with Crippen LogP contribution in [0.4, 0.5) is 0 Å². The van der Waals surface area contributed by atoms with Crippen LogP contribution in [-0.2, 0) is 6.42 Å². The van der Waals surface area contributed by atoms with Crippen LogP contribution >= 0.6 is 0 Å². The van der Waals surface area contributed by atoms with Gasteiger partial charge < -0.3 is 4.98 Å². The molecule has 0 fully saturated rings. The summed E-state index contributed by atoms with van der Waals surface area (Å²) in [6.07, 6.45) is 1.11. The van der Waals surface area contributed by atoms with Crippen molar-refractivity contribution in [2.75, 3.05) is 0 Å². The number of aromatic amines is 1. The summed E-state index contributed by atoms with van der Waals surface area (Å²) in [7, 11) is 0. The Morgan fingerprint density at radius 1 is 1.15 bits per heavy atom. The molecule has 0 unspecified atom stereocenters. The largest absolute Gasteiger partial charge is 0.359 e. The van der Waals surface area contributed by atoms with Crippen LogP contribution in [0.1, 0.15) is 23.7 Å². The van der Waals surface area contributed by atoms with Crippen molar-refractivity contribution in [3.05, 3.63) is 35.0 Å². The highest BCUT2D eigenvalue weighted by Gasteiger charge is 2.08. The molecule has 68 valence electrons. The molecule has 13 heavy (non-hydrogen) atoms. The normalized spacial score (nSPS) is 11.0. The minimum Gasteiger partial charge on any atom is -0.359 e. The summed E-state index contributed by atoms with van der Waals surface area (Å²) in [5.41, 5.74) is 6.65. The second-order valence-corrected chi connectivity index (χ2v) is 3.68. The minimum atomic E-state index is 1.11. The number of aromatic nitrogens is 1. The lowest BCUT2D eigenvalue weighted by molar-refractivity contribution is 1.15. The van der Waals surface area contributed by atoms with Gasteiger partial charge in [0.1, 0.15) is 0 Å². The van der Waals surface area contributed by atoms with Crippen LogP contribution in [0.3, 0.4) is 0 Å². The van der Waals surface area contributed by atoms with E-state index < -0.39 is 0 Å². The van der Waals surface area contributed by atoms with Gasteiger partial charge in [-0.3, -0.25) is 0 Å². The van der Waals surface area contributed by atoms with E-state index in [0.717, 1.165) is 6.42 Å². The van der Waals surface area contributed by atoms with Gasteiger partial charge in [-0.2, -0.15) is 0 Å². The van der Waals surface area contributed by atoms with E-state index in [1.54, 1.807) is 0 Å². The molecule has 2 rings (SSSR count). The van der Waals surface area contributed by atoms with Gasteiger partial charge in [0, 0.05) is 17.0 Å². The van der Waals surface area contributed by atoms with Crippen molar-refractivity contribution in [3.8, 4) is 11.3 Å². The fourth-order valence-corrected chi connectivity index (χ4v) is 1.85. The maximum Gasteiger partial charge on any atom is 0.0460 e. The van der Waals surface area contributed by atoms with Crippen molar-refractivity contribution in [2.45, 2.75) is 27.2 Å². The molecule has 1 aliphatic carbocycles. The quantitative estimate of drug-likeness (QED) is 0.681. The summed E-state index contributed by atoms with van der Waals surface area (Å²) in [5.74, 6) is 0. The topological polar surface area (TPSA) is 15.8 Å². The molecule has 0 amide bonds. The first kappa shape index (κ1) is 8.36. The molecule has 1 heterocycles. The third-order valence-corrected chi connectivity index (χ3v) is 2.55. The van der Waals surface area contributed by atoms with Crippen LogP contribution < -0.4 is 0 Å². The Morgan fingerprint density at radius 3 is 2.62 bits per heavy atom. The molecule has 0 aromatic carbocycles. The Kier molecular flexibility index (Phi) is 1.87. The van der Waals surface area contributed by atoms with Gasteiger partial charge in [0.25, 0.3) is 0 Å². The van der Waals surface area contributed by atoms with Gasteiger partial charge in [-0.05, 0) is 49.6 Å². The summed E-state index contributed by atoms with van der Waals surface area (Å²) in [6.45, 7) is 6.46. The van der Waals surface area contributed by atoms with E-state index in [0.29, 0.717) is 0 Å². The fourth-order valence-electron chi connectivity index (χ4n) is 1.85. The molecule has 0 aromatic rings. The van der Waals surface area contributed by atoms with E-state index in [-0.39, 0.29) is 0 Å². The van der Waals surface area contributed by atoms with Gasteiger partial charge in [0.05, 0.1) is 0 Å². The molecule has 0 saturated carbocycles. The van der Waals surface area contributed by atoms with Crippen molar-refractivity contribution in [1.29, 1.82) is 0 Å². The lowest BCUT2D eigenvalue weighted by Gasteiger charge is -2.05. The standard InChI is InChI=1S/C12H15N/c1-4-10-6-11-8(2)5-9(3)13-12(11)7-10/h5-7,13H,4H2,1-3H3. The number of pyridine rings is 1. The van der Waals surface area contributed by atoms with Gasteiger partial charge >= 0.3 is 0 Å². The van der Waals surface area contributed by atoms with Crippen molar-refractivity contribution in [2.24, 2.45) is 0 Å². The molecule has 1 N–H and O–H groups in total. The Hall–Kier alpha value is -1.24. The van der Waals surface area contributed by atoms with Crippen LogP contribution in [-0.4, -0.2) is 4.98 Å². The second-order valence-electron chi connectivity index (χ2n) is 3.68. The summed E-state index contributed by atoms with van der Waals surface area (Å²) in [5, 5.41) is 0. The molecular weight excluding hydrogens is 158 g/mol. The average molecular weight is 173 g/mol. The predicted molar refractivity (Wildman–Crippen MR) is 56.3 cm³/mol. The van der Waals surface area contributed by atoms with E-state index in [2.05, 4.69) is 44.0 Å². The SMILES string of the molecule is CCc1cc2[nH]c(C)cc(C)c-2c1. The lowest BCUT2D eigenvalue weighted by Crippen LogP contribution is -1.88. The molecule has 0 bridgehead atoms. The maximum absolute atomic E-state index is 3.39. The first-order chi connectivity index (χ1) is 6.20. The van der Waals surface area contributed by atoms with Gasteiger partial charge in [-0.1, -0.05) is 6.92 Å². The van der Waals surface area contributed by atoms with Crippen LogP contribution in [0.15, 0.2) is 18.2 Å². The number of nitrogens with one attached hydrogen (secondary N) is 1. The summed E-state index contributed by atoms with van der Waals surface area (Å²) < 4.78 is 0. The van der Waals surface area contributed by atoms with E-state index >= 15 is 0 Å². The Balaban J connectivity index is 2.68. The van der Waals surface area contributed by atoms with E-state index in [9.17, 15) is 0 Å². The van der Waals surface area contributed by atoms with Crippen LogP contribution in [0.25, 0.3) is 11.3 Å². The second kappa shape index (κ2) is 2.91. The van der Waals surface area contributed by atoms with E-state index in [4.69, 9.17) is 0 Å². The highest BCUT2D eigenvalue weighted by molar-refractivity contribution is 5.68. The fraction of sp³-hybridized carbons (Fsp3) is 0.333. The number of H-pyrrole nitrogens is 1. The molecule has 1 aliphatic heterocycles. The van der Waals surface area contributed by atoms with Gasteiger partial charge in [-0.25, -0.2) is 0 Å². The third-order valence-electron chi connectivity index (χ3n) is 2.55. The Labute approximate surface area is 79.1 Å². The molecule has 0 aromatic heterocycles. The summed E-state index contributed by atoms with van der Waals surface area (Å²) in [4.78, 5) is 3.39. The zero-order valence-corrected chi connectivity index (χ0v) is 8.44. The van der Waals surface area contributed by atoms with Crippen molar-refractivity contribution >= 4 is 0 Å². The predicted octanol–water partition coefficient (Wildman–Crippen LogP) is 3.30. The summed E-state index contributed by atoms with van der Waals surface area (Å²) in [6, 6.07) is 6.72. The molecular formula is C12H15N. The van der Waals surface area contributed by atoms with Crippen LogP contribution in [0, 0.1) is 13.8 Å². The Bertz CT molecular complexity index is 398. The van der Waals surface area contributed by atoms with Gasteiger partial charge in [0.2, 0.25) is 0 Å². The highest BCUT2D eigenvalue weighted by atomic mass is 14.7. The molecule has 0 saturated heterocycles. The first-order valence-electron chi connectivity index (χ1n) is 4.79. The van der Waals surface area contributed by atoms with Crippen molar-refractivity contribution in [1.82, 2.24) is 4.98 Å². The molecule has 0 spiro atoms. The average Bonchev–Trinajstić information content (AvgIpc) is 2.47. The number of aryl methyl sites for hydroxylation is 3. The monoisotopic (exact) mass is 173 g/mol. The first-order valence-corrected chi connectivity index (χ1v) is 4.79. The third kappa shape index (κ3) is 1.35. The zero-order chi connectivity index (χ0) is 9.42. The van der Waals surface area contributed by atoms with Gasteiger partial charge in [-0.15, -0.1) is 0 Å². The minimum absolute atomic E-state index is 1.11. The van der Waals surface area contributed by atoms with Crippen LogP contribution in [0.5, 0.6) is 0 Å². The Morgan fingerprint density at radius 2 is 1.92 bits per heavy atom. The molecule has 1 heteroatoms. The van der Waals surface area contributed by atoms with E-state index in [1.165, 1.54) is 28.1 Å². The highest BCUT2D eigenvalue weighted by Crippen LogP contribution is 2.28. The smallest absolute Gasteiger partial charge is 0.0460 e. The van der Waals surface area contributed by atoms with Crippen molar-refractivity contribution < 1.29 is 0 Å². The zero-order valence-electron chi connectivity index (χ0n) is 8.44. The number of rotatable bonds is 1. The maximum atomic E-state index is 3.39. The molecule has 0 atom stereocenters.